The molecule has 168 valence electrons. The third kappa shape index (κ3) is 8.27. The van der Waals surface area contributed by atoms with Crippen LogP contribution in [0.2, 0.25) is 0 Å². The van der Waals surface area contributed by atoms with Gasteiger partial charge in [-0.2, -0.15) is 0 Å². The van der Waals surface area contributed by atoms with E-state index in [4.69, 9.17) is 29.2 Å². The van der Waals surface area contributed by atoms with Gasteiger partial charge in [-0.25, -0.2) is 9.59 Å². The van der Waals surface area contributed by atoms with Crippen molar-refractivity contribution in [3.8, 4) is 11.5 Å². The first-order valence-electron chi connectivity index (χ1n) is 9.87. The van der Waals surface area contributed by atoms with Crippen molar-refractivity contribution in [2.75, 3.05) is 27.4 Å². The highest BCUT2D eigenvalue weighted by Gasteiger charge is 2.17. The van der Waals surface area contributed by atoms with E-state index in [2.05, 4.69) is 0 Å². The molecule has 0 bridgehead atoms. The molecule has 0 heterocycles. The predicted molar refractivity (Wildman–Crippen MR) is 113 cm³/mol. The van der Waals surface area contributed by atoms with Gasteiger partial charge in [0, 0.05) is 33.5 Å². The molecule has 2 N–H and O–H groups in total. The smallest absolute Gasteiger partial charge is 0.333 e. The van der Waals surface area contributed by atoms with Crippen molar-refractivity contribution in [3.63, 3.8) is 0 Å². The van der Waals surface area contributed by atoms with Crippen LogP contribution in [0.25, 0.3) is 0 Å². The van der Waals surface area contributed by atoms with Crippen LogP contribution in [-0.4, -0.2) is 61.8 Å². The Balaban J connectivity index is 1.69. The Hall–Kier alpha value is -3.10. The van der Waals surface area contributed by atoms with Crippen LogP contribution < -0.4 is 9.47 Å². The highest BCUT2D eigenvalue weighted by Crippen LogP contribution is 2.16. The summed E-state index contributed by atoms with van der Waals surface area (Å²) in [4.78, 5) is 22.0. The van der Waals surface area contributed by atoms with E-state index in [0.717, 1.165) is 11.1 Å². The van der Waals surface area contributed by atoms with Crippen LogP contribution in [0, 0.1) is 0 Å². The largest absolute Gasteiger partial charge is 0.493 e. The fraction of sp³-hybridized carbons (Fsp3) is 0.391. The number of aliphatic carboxylic acids is 2. The van der Waals surface area contributed by atoms with Crippen LogP contribution in [0.5, 0.6) is 11.5 Å². The quantitative estimate of drug-likeness (QED) is 0.439. The molecular formula is C23H28O8. The van der Waals surface area contributed by atoms with Crippen molar-refractivity contribution in [3.05, 3.63) is 59.7 Å². The Bertz CT molecular complexity index is 747. The standard InChI is InChI=1S/C23H28O8/c1-28-20(22(24)25)14-16-4-8-18(9-5-16)30-12-3-13-31-19-10-6-17(7-11-19)15-21(29-2)23(26)27/h4-11,20-21H,3,12-15H2,1-2H3,(H,24,25)(H,26,27)/t20-,21-/m0/s1. The third-order valence-corrected chi connectivity index (χ3v) is 4.63. The second-order valence-corrected chi connectivity index (χ2v) is 6.87. The number of rotatable bonds is 14. The molecule has 2 rings (SSSR count). The van der Waals surface area contributed by atoms with Gasteiger partial charge in [-0.3, -0.25) is 0 Å². The molecule has 0 unspecified atom stereocenters. The molecule has 0 aliphatic heterocycles. The first kappa shape index (κ1) is 24.2. The van der Waals surface area contributed by atoms with E-state index in [1.807, 2.05) is 24.3 Å². The molecule has 31 heavy (non-hydrogen) atoms. The third-order valence-electron chi connectivity index (χ3n) is 4.63. The molecule has 0 saturated heterocycles. The molecule has 0 aliphatic rings. The Morgan fingerprint density at radius 2 is 1.06 bits per heavy atom. The number of hydrogen-bond donors (Lipinski definition) is 2. The topological polar surface area (TPSA) is 112 Å². The van der Waals surface area contributed by atoms with Gasteiger partial charge >= 0.3 is 11.9 Å². The summed E-state index contributed by atoms with van der Waals surface area (Å²) >= 11 is 0. The van der Waals surface area contributed by atoms with Crippen LogP contribution in [0.1, 0.15) is 17.5 Å². The molecule has 0 aliphatic carbocycles. The van der Waals surface area contributed by atoms with Gasteiger partial charge in [-0.05, 0) is 35.4 Å². The zero-order valence-electron chi connectivity index (χ0n) is 17.7. The molecule has 0 saturated carbocycles. The molecule has 0 fully saturated rings. The molecule has 8 nitrogen and oxygen atoms in total. The lowest BCUT2D eigenvalue weighted by molar-refractivity contribution is -0.149. The van der Waals surface area contributed by atoms with Crippen LogP contribution in [0.4, 0.5) is 0 Å². The number of carboxylic acid groups (broad SMARTS) is 2. The summed E-state index contributed by atoms with van der Waals surface area (Å²) in [5.41, 5.74) is 1.71. The molecule has 8 heteroatoms. The van der Waals surface area contributed by atoms with Crippen LogP contribution >= 0.6 is 0 Å². The number of carbonyl (C=O) groups is 2. The summed E-state index contributed by atoms with van der Waals surface area (Å²) in [5.74, 6) is -0.583. The molecule has 0 amide bonds. The first-order chi connectivity index (χ1) is 14.9. The van der Waals surface area contributed by atoms with Gasteiger partial charge < -0.3 is 29.2 Å². The summed E-state index contributed by atoms with van der Waals surface area (Å²) < 4.78 is 21.2. The molecule has 0 aromatic heterocycles. The van der Waals surface area contributed by atoms with E-state index in [-0.39, 0.29) is 0 Å². The SMILES string of the molecule is CO[C@@H](Cc1ccc(OCCCOc2ccc(C[C@H](OC)C(=O)O)cc2)cc1)C(=O)O. The Labute approximate surface area is 181 Å². The molecular weight excluding hydrogens is 404 g/mol. The number of methoxy groups -OCH3 is 2. The number of carboxylic acids is 2. The minimum absolute atomic E-state index is 0.293. The second-order valence-electron chi connectivity index (χ2n) is 6.87. The lowest BCUT2D eigenvalue weighted by atomic mass is 10.1. The van der Waals surface area contributed by atoms with Gasteiger partial charge in [-0.15, -0.1) is 0 Å². The van der Waals surface area contributed by atoms with Crippen molar-refractivity contribution in [1.82, 2.24) is 0 Å². The molecule has 2 aromatic carbocycles. The van der Waals surface area contributed by atoms with Gasteiger partial charge in [0.05, 0.1) is 13.2 Å². The summed E-state index contributed by atoms with van der Waals surface area (Å²) in [6.45, 7) is 0.947. The summed E-state index contributed by atoms with van der Waals surface area (Å²) in [6.07, 6.45) is -0.463. The van der Waals surface area contributed by atoms with E-state index in [0.29, 0.717) is 44.0 Å². The molecule has 2 atom stereocenters. The molecule has 2 aromatic rings. The average Bonchev–Trinajstić information content (AvgIpc) is 2.77. The summed E-state index contributed by atoms with van der Waals surface area (Å²) in [6, 6.07) is 14.5. The Morgan fingerprint density at radius 1 is 0.710 bits per heavy atom. The normalized spacial score (nSPS) is 12.7. The lowest BCUT2D eigenvalue weighted by Crippen LogP contribution is -2.24. The summed E-state index contributed by atoms with van der Waals surface area (Å²) in [5, 5.41) is 18.1. The van der Waals surface area contributed by atoms with E-state index < -0.39 is 24.1 Å². The number of hydrogen-bond acceptors (Lipinski definition) is 6. The Kier molecular flexibility index (Phi) is 9.80. The maximum absolute atomic E-state index is 11.0. The van der Waals surface area contributed by atoms with Gasteiger partial charge in [-0.1, -0.05) is 24.3 Å². The van der Waals surface area contributed by atoms with Crippen LogP contribution in [-0.2, 0) is 31.9 Å². The highest BCUT2D eigenvalue weighted by molar-refractivity contribution is 5.73. The fourth-order valence-corrected chi connectivity index (χ4v) is 2.85. The van der Waals surface area contributed by atoms with Gasteiger partial charge in [0.2, 0.25) is 0 Å². The van der Waals surface area contributed by atoms with Crippen molar-refractivity contribution in [2.45, 2.75) is 31.5 Å². The number of benzene rings is 2. The van der Waals surface area contributed by atoms with E-state index in [9.17, 15) is 9.59 Å². The van der Waals surface area contributed by atoms with Crippen LogP contribution in [0.3, 0.4) is 0 Å². The minimum atomic E-state index is -0.989. The summed E-state index contributed by atoms with van der Waals surface area (Å²) in [7, 11) is 2.76. The van der Waals surface area contributed by atoms with E-state index in [1.165, 1.54) is 14.2 Å². The maximum Gasteiger partial charge on any atom is 0.333 e. The zero-order chi connectivity index (χ0) is 22.6. The lowest BCUT2D eigenvalue weighted by Gasteiger charge is -2.12. The van der Waals surface area contributed by atoms with E-state index in [1.54, 1.807) is 24.3 Å². The highest BCUT2D eigenvalue weighted by atomic mass is 16.5. The van der Waals surface area contributed by atoms with Gasteiger partial charge in [0.25, 0.3) is 0 Å². The zero-order valence-corrected chi connectivity index (χ0v) is 17.7. The van der Waals surface area contributed by atoms with Gasteiger partial charge in [0.15, 0.2) is 12.2 Å². The predicted octanol–water partition coefficient (Wildman–Crippen LogP) is 2.82. The second kappa shape index (κ2) is 12.6. The van der Waals surface area contributed by atoms with E-state index >= 15 is 0 Å². The maximum atomic E-state index is 11.0. The number of ether oxygens (including phenoxy) is 4. The van der Waals surface area contributed by atoms with Crippen molar-refractivity contribution in [1.29, 1.82) is 0 Å². The Morgan fingerprint density at radius 3 is 1.35 bits per heavy atom. The van der Waals surface area contributed by atoms with Crippen LogP contribution in [0.15, 0.2) is 48.5 Å². The first-order valence-corrected chi connectivity index (χ1v) is 9.87. The minimum Gasteiger partial charge on any atom is -0.493 e. The van der Waals surface area contributed by atoms with Crippen molar-refractivity contribution in [2.24, 2.45) is 0 Å². The monoisotopic (exact) mass is 432 g/mol. The molecule has 0 radical (unpaired) electrons. The van der Waals surface area contributed by atoms with Crippen molar-refractivity contribution < 1.29 is 38.7 Å². The average molecular weight is 432 g/mol. The van der Waals surface area contributed by atoms with Crippen molar-refractivity contribution >= 4 is 11.9 Å². The molecule has 0 spiro atoms. The fourth-order valence-electron chi connectivity index (χ4n) is 2.85. The van der Waals surface area contributed by atoms with Gasteiger partial charge in [0.1, 0.15) is 11.5 Å².